The lowest BCUT2D eigenvalue weighted by Gasteiger charge is -2.34. The van der Waals surface area contributed by atoms with Crippen molar-refractivity contribution in [3.63, 3.8) is 0 Å². The molecule has 1 saturated heterocycles. The van der Waals surface area contributed by atoms with Gasteiger partial charge in [0.25, 0.3) is 0 Å². The van der Waals surface area contributed by atoms with Gasteiger partial charge in [0.1, 0.15) is 6.10 Å². The molecule has 35 heavy (non-hydrogen) atoms. The van der Waals surface area contributed by atoms with Crippen molar-refractivity contribution in [3.8, 4) is 28.7 Å². The van der Waals surface area contributed by atoms with Gasteiger partial charge in [0, 0.05) is 6.42 Å². The van der Waals surface area contributed by atoms with Gasteiger partial charge in [0.2, 0.25) is 5.75 Å². The van der Waals surface area contributed by atoms with E-state index in [1.807, 2.05) is 18.2 Å². The smallest absolute Gasteiger partial charge is 0.200 e. The van der Waals surface area contributed by atoms with Crippen LogP contribution in [0.15, 0.2) is 30.3 Å². The van der Waals surface area contributed by atoms with E-state index in [4.69, 9.17) is 18.9 Å². The van der Waals surface area contributed by atoms with Gasteiger partial charge in [0.05, 0.1) is 32.5 Å². The van der Waals surface area contributed by atoms with Crippen molar-refractivity contribution in [2.45, 2.75) is 82.7 Å². The molecule has 3 N–H and O–H groups in total. The average Bonchev–Trinajstić information content (AvgIpc) is 3.31. The molecular weight excluding hydrogens is 448 g/mol. The van der Waals surface area contributed by atoms with Crippen molar-refractivity contribution in [1.29, 1.82) is 0 Å². The maximum Gasteiger partial charge on any atom is 0.200 e. The van der Waals surface area contributed by atoms with E-state index in [0.29, 0.717) is 36.0 Å². The van der Waals surface area contributed by atoms with E-state index in [0.717, 1.165) is 49.7 Å². The van der Waals surface area contributed by atoms with Gasteiger partial charge in [-0.3, -0.25) is 0 Å². The van der Waals surface area contributed by atoms with Crippen LogP contribution < -0.4 is 14.2 Å². The summed E-state index contributed by atoms with van der Waals surface area (Å²) in [6.07, 6.45) is 5.92. The van der Waals surface area contributed by atoms with E-state index >= 15 is 0 Å². The molecule has 7 nitrogen and oxygen atoms in total. The molecule has 2 aromatic carbocycles. The Morgan fingerprint density at radius 3 is 2.49 bits per heavy atom. The molecule has 1 aliphatic heterocycles. The number of ether oxygens (including phenoxy) is 4. The third-order valence-corrected chi connectivity index (χ3v) is 7.42. The Morgan fingerprint density at radius 1 is 0.971 bits per heavy atom. The summed E-state index contributed by atoms with van der Waals surface area (Å²) < 4.78 is 23.4. The van der Waals surface area contributed by atoms with Crippen molar-refractivity contribution in [3.05, 3.63) is 41.5 Å². The minimum Gasteiger partial charge on any atom is -0.504 e. The summed E-state index contributed by atoms with van der Waals surface area (Å²) >= 11 is 0. The van der Waals surface area contributed by atoms with Crippen LogP contribution in [0.2, 0.25) is 0 Å². The number of rotatable bonds is 9. The van der Waals surface area contributed by atoms with E-state index in [1.165, 1.54) is 14.2 Å². The molecule has 1 aliphatic carbocycles. The molecule has 0 radical (unpaired) electrons. The quantitative estimate of drug-likeness (QED) is 0.443. The van der Waals surface area contributed by atoms with Crippen LogP contribution in [0.1, 0.15) is 69.1 Å². The number of methoxy groups -OCH3 is 2. The zero-order valence-corrected chi connectivity index (χ0v) is 20.9. The first-order chi connectivity index (χ1) is 16.9. The fourth-order valence-corrected chi connectivity index (χ4v) is 5.42. The monoisotopic (exact) mass is 486 g/mol. The fourth-order valence-electron chi connectivity index (χ4n) is 5.42. The minimum atomic E-state index is -0.489. The summed E-state index contributed by atoms with van der Waals surface area (Å²) in [6, 6.07) is 8.94. The van der Waals surface area contributed by atoms with Crippen molar-refractivity contribution >= 4 is 0 Å². The second-order valence-electron chi connectivity index (χ2n) is 9.74. The van der Waals surface area contributed by atoms with E-state index < -0.39 is 6.10 Å². The van der Waals surface area contributed by atoms with Crippen LogP contribution >= 0.6 is 0 Å². The van der Waals surface area contributed by atoms with Crippen LogP contribution in [0, 0.1) is 5.92 Å². The minimum absolute atomic E-state index is 0.00666. The molecule has 0 amide bonds. The molecule has 192 valence electrons. The number of phenolic OH excluding ortho intramolecular Hbond substituents is 2. The first-order valence-electron chi connectivity index (χ1n) is 12.7. The van der Waals surface area contributed by atoms with Crippen LogP contribution in [0.3, 0.4) is 0 Å². The predicted molar refractivity (Wildman–Crippen MR) is 133 cm³/mol. The van der Waals surface area contributed by atoms with Crippen LogP contribution in [0.25, 0.3) is 0 Å². The maximum atomic E-state index is 10.7. The molecule has 0 unspecified atom stereocenters. The molecule has 1 heterocycles. The van der Waals surface area contributed by atoms with Crippen LogP contribution in [-0.4, -0.2) is 47.9 Å². The highest BCUT2D eigenvalue weighted by atomic mass is 16.5. The number of benzene rings is 2. The van der Waals surface area contributed by atoms with E-state index in [-0.39, 0.29) is 29.8 Å². The standard InChI is InChI=1S/C28H38O7/c1-4-18-6-5-7-23(18)35-27-14-19(13-26(33-3)28(27)31)24-16-20(29)15-21(34-24)10-8-17-9-11-22(30)25(12-17)32-2/h9,11-14,18,20-21,23-24,29-31H,4-8,10,15-16H2,1-3H3/t18-,20+,21+,23-,24+/m1/s1. The van der Waals surface area contributed by atoms with Crippen molar-refractivity contribution in [2.24, 2.45) is 5.92 Å². The van der Waals surface area contributed by atoms with Gasteiger partial charge in [-0.1, -0.05) is 13.0 Å². The zero-order valence-electron chi connectivity index (χ0n) is 20.9. The molecule has 2 aromatic rings. The topological polar surface area (TPSA) is 97.6 Å². The molecule has 5 atom stereocenters. The van der Waals surface area contributed by atoms with Gasteiger partial charge in [-0.25, -0.2) is 0 Å². The molecule has 2 fully saturated rings. The predicted octanol–water partition coefficient (Wildman–Crippen LogP) is 5.29. The Bertz CT molecular complexity index is 992. The lowest BCUT2D eigenvalue weighted by Crippen LogP contribution is -2.31. The van der Waals surface area contributed by atoms with Gasteiger partial charge >= 0.3 is 0 Å². The van der Waals surface area contributed by atoms with E-state index in [2.05, 4.69) is 6.92 Å². The van der Waals surface area contributed by atoms with Crippen LogP contribution in [0.5, 0.6) is 28.7 Å². The molecule has 0 spiro atoms. The summed E-state index contributed by atoms with van der Waals surface area (Å²) in [5.41, 5.74) is 1.86. The van der Waals surface area contributed by atoms with E-state index in [1.54, 1.807) is 12.1 Å². The Hall–Kier alpha value is -2.64. The lowest BCUT2D eigenvalue weighted by molar-refractivity contribution is -0.0999. The maximum absolute atomic E-state index is 10.7. The van der Waals surface area contributed by atoms with Crippen LogP contribution in [0.4, 0.5) is 0 Å². The SMILES string of the molecule is CC[C@@H]1CCC[C@H]1Oc1cc([C@@H]2C[C@@H](O)C[C@H](CCc3ccc(O)c(OC)c3)O2)cc(OC)c1O. The van der Waals surface area contributed by atoms with Gasteiger partial charge in [-0.05, 0) is 86.3 Å². The highest BCUT2D eigenvalue weighted by molar-refractivity contribution is 5.53. The summed E-state index contributed by atoms with van der Waals surface area (Å²) in [7, 11) is 3.06. The number of aryl methyl sites for hydroxylation is 1. The summed E-state index contributed by atoms with van der Waals surface area (Å²) in [5, 5.41) is 31.2. The second kappa shape index (κ2) is 11.4. The Labute approximate surface area is 207 Å². The Kier molecular flexibility index (Phi) is 8.29. The number of aromatic hydroxyl groups is 2. The summed E-state index contributed by atoms with van der Waals surface area (Å²) in [4.78, 5) is 0. The van der Waals surface area contributed by atoms with Crippen molar-refractivity contribution in [2.75, 3.05) is 14.2 Å². The second-order valence-corrected chi connectivity index (χ2v) is 9.74. The number of aliphatic hydroxyl groups is 1. The zero-order chi connectivity index (χ0) is 24.9. The largest absolute Gasteiger partial charge is 0.504 e. The van der Waals surface area contributed by atoms with Crippen molar-refractivity contribution < 1.29 is 34.3 Å². The highest BCUT2D eigenvalue weighted by Crippen LogP contribution is 2.44. The normalized spacial score (nSPS) is 26.5. The molecule has 2 aliphatic rings. The first-order valence-corrected chi connectivity index (χ1v) is 12.7. The number of hydrogen-bond donors (Lipinski definition) is 3. The van der Waals surface area contributed by atoms with Gasteiger partial charge in [-0.2, -0.15) is 0 Å². The third-order valence-electron chi connectivity index (χ3n) is 7.42. The average molecular weight is 487 g/mol. The fraction of sp³-hybridized carbons (Fsp3) is 0.571. The Balaban J connectivity index is 1.49. The number of phenols is 2. The van der Waals surface area contributed by atoms with Crippen LogP contribution in [-0.2, 0) is 11.2 Å². The first kappa shape index (κ1) is 25.5. The van der Waals surface area contributed by atoms with Gasteiger partial charge in [-0.15, -0.1) is 0 Å². The van der Waals surface area contributed by atoms with Gasteiger partial charge < -0.3 is 34.3 Å². The van der Waals surface area contributed by atoms with E-state index in [9.17, 15) is 15.3 Å². The molecule has 0 bridgehead atoms. The molecule has 4 rings (SSSR count). The Morgan fingerprint density at radius 2 is 1.74 bits per heavy atom. The molecular formula is C28H38O7. The number of aliphatic hydroxyl groups excluding tert-OH is 1. The van der Waals surface area contributed by atoms with Crippen molar-refractivity contribution in [1.82, 2.24) is 0 Å². The molecule has 7 heteroatoms. The molecule has 1 saturated carbocycles. The third kappa shape index (κ3) is 5.96. The number of hydrogen-bond acceptors (Lipinski definition) is 7. The summed E-state index contributed by atoms with van der Waals surface area (Å²) in [6.45, 7) is 2.18. The summed E-state index contributed by atoms with van der Waals surface area (Å²) in [5.74, 6) is 1.82. The lowest BCUT2D eigenvalue weighted by atomic mass is 9.93. The van der Waals surface area contributed by atoms with Gasteiger partial charge in [0.15, 0.2) is 23.0 Å². The molecule has 0 aromatic heterocycles. The highest BCUT2D eigenvalue weighted by Gasteiger charge is 2.32.